The van der Waals surface area contributed by atoms with E-state index in [9.17, 15) is 0 Å². The first-order chi connectivity index (χ1) is 7.72. The van der Waals surface area contributed by atoms with Crippen LogP contribution in [0.5, 0.6) is 0 Å². The van der Waals surface area contributed by atoms with E-state index >= 15 is 0 Å². The monoisotopic (exact) mass is 216 g/mol. The minimum Gasteiger partial charge on any atom is -0.377 e. The average molecular weight is 216 g/mol. The van der Waals surface area contributed by atoms with Crippen molar-refractivity contribution in [3.05, 3.63) is 18.2 Å². The Hall–Kier alpha value is -1.63. The second kappa shape index (κ2) is 4.48. The van der Waals surface area contributed by atoms with E-state index in [2.05, 4.69) is 22.2 Å². The van der Waals surface area contributed by atoms with Crippen LogP contribution in [0.1, 0.15) is 44.9 Å². The first kappa shape index (κ1) is 10.9. The topological polar surface area (TPSA) is 61.6 Å². The van der Waals surface area contributed by atoms with Crippen molar-refractivity contribution >= 4 is 5.69 Å². The Morgan fingerprint density at radius 3 is 2.44 bits per heavy atom. The van der Waals surface area contributed by atoms with Crippen molar-refractivity contribution in [2.45, 2.75) is 44.6 Å². The lowest BCUT2D eigenvalue weighted by Gasteiger charge is -2.35. The van der Waals surface area contributed by atoms with Crippen LogP contribution >= 0.6 is 0 Å². The van der Waals surface area contributed by atoms with Crippen molar-refractivity contribution in [3.63, 3.8) is 0 Å². The van der Waals surface area contributed by atoms with Crippen molar-refractivity contribution in [2.24, 2.45) is 0 Å². The Bertz CT molecular complexity index is 384. The molecule has 1 aliphatic carbocycles. The van der Waals surface area contributed by atoms with Crippen molar-refractivity contribution in [3.8, 4) is 6.07 Å². The summed E-state index contributed by atoms with van der Waals surface area (Å²) in [7, 11) is 0. The van der Waals surface area contributed by atoms with E-state index in [0.717, 1.165) is 5.69 Å². The number of nitrogens with zero attached hydrogens (tertiary/aromatic N) is 3. The minimum absolute atomic E-state index is 0.162. The smallest absolute Gasteiger partial charge is 0.232 e. The molecule has 2 rings (SSSR count). The van der Waals surface area contributed by atoms with Gasteiger partial charge in [0, 0.05) is 5.54 Å². The summed E-state index contributed by atoms with van der Waals surface area (Å²) in [6, 6.07) is 1.92. The zero-order valence-corrected chi connectivity index (χ0v) is 9.53. The first-order valence-corrected chi connectivity index (χ1v) is 5.72. The molecule has 1 fully saturated rings. The predicted octanol–water partition coefficient (Wildman–Crippen LogP) is 2.48. The second-order valence-corrected chi connectivity index (χ2v) is 4.65. The number of anilines is 1. The summed E-state index contributed by atoms with van der Waals surface area (Å²) in [5.74, 6) is 0.222. The second-order valence-electron chi connectivity index (χ2n) is 4.65. The van der Waals surface area contributed by atoms with Crippen LogP contribution in [0, 0.1) is 11.3 Å². The lowest BCUT2D eigenvalue weighted by molar-refractivity contribution is 0.349. The highest BCUT2D eigenvalue weighted by molar-refractivity contribution is 5.41. The third-order valence-electron chi connectivity index (χ3n) is 3.16. The SMILES string of the molecule is CC1(Nc2cnc(C#N)nc2)CCCCC1. The van der Waals surface area contributed by atoms with E-state index in [1.54, 1.807) is 12.4 Å². The molecule has 4 nitrogen and oxygen atoms in total. The molecule has 0 spiro atoms. The molecule has 0 aromatic carbocycles. The summed E-state index contributed by atoms with van der Waals surface area (Å²) in [5, 5.41) is 12.1. The van der Waals surface area contributed by atoms with Gasteiger partial charge in [-0.1, -0.05) is 19.3 Å². The summed E-state index contributed by atoms with van der Waals surface area (Å²) >= 11 is 0. The van der Waals surface area contributed by atoms with Gasteiger partial charge in [-0.15, -0.1) is 0 Å². The summed E-state index contributed by atoms with van der Waals surface area (Å²) in [6.45, 7) is 2.24. The molecule has 1 aromatic heterocycles. The highest BCUT2D eigenvalue weighted by atomic mass is 15.0. The molecule has 0 amide bonds. The van der Waals surface area contributed by atoms with Crippen molar-refractivity contribution in [1.82, 2.24) is 9.97 Å². The minimum atomic E-state index is 0.162. The lowest BCUT2D eigenvalue weighted by atomic mass is 9.83. The molecule has 0 saturated heterocycles. The maximum absolute atomic E-state index is 8.61. The van der Waals surface area contributed by atoms with Crippen molar-refractivity contribution in [1.29, 1.82) is 5.26 Å². The molecule has 0 aliphatic heterocycles. The van der Waals surface area contributed by atoms with E-state index < -0.39 is 0 Å². The van der Waals surface area contributed by atoms with Crippen molar-refractivity contribution < 1.29 is 0 Å². The van der Waals surface area contributed by atoms with Crippen LogP contribution in [0.3, 0.4) is 0 Å². The first-order valence-electron chi connectivity index (χ1n) is 5.72. The molecule has 1 aliphatic rings. The summed E-state index contributed by atoms with van der Waals surface area (Å²) in [5.41, 5.74) is 1.07. The molecule has 4 heteroatoms. The summed E-state index contributed by atoms with van der Waals surface area (Å²) < 4.78 is 0. The van der Waals surface area contributed by atoms with E-state index in [4.69, 9.17) is 5.26 Å². The van der Waals surface area contributed by atoms with Crippen LogP contribution in [0.15, 0.2) is 12.4 Å². The van der Waals surface area contributed by atoms with E-state index in [-0.39, 0.29) is 11.4 Å². The number of nitrogens with one attached hydrogen (secondary N) is 1. The quantitative estimate of drug-likeness (QED) is 0.825. The molecule has 0 atom stereocenters. The van der Waals surface area contributed by atoms with Gasteiger partial charge in [-0.2, -0.15) is 5.26 Å². The molecule has 1 saturated carbocycles. The van der Waals surface area contributed by atoms with Crippen LogP contribution < -0.4 is 5.32 Å². The number of nitriles is 1. The van der Waals surface area contributed by atoms with Gasteiger partial charge in [-0.05, 0) is 19.8 Å². The van der Waals surface area contributed by atoms with Gasteiger partial charge in [0.05, 0.1) is 18.1 Å². The third kappa shape index (κ3) is 2.48. The maximum atomic E-state index is 8.61. The molecular formula is C12H16N4. The molecular weight excluding hydrogens is 200 g/mol. The van der Waals surface area contributed by atoms with Crippen molar-refractivity contribution in [2.75, 3.05) is 5.32 Å². The molecule has 16 heavy (non-hydrogen) atoms. The van der Waals surface area contributed by atoms with Gasteiger partial charge in [0.25, 0.3) is 0 Å². The van der Waals surface area contributed by atoms with Crippen LogP contribution in [0.4, 0.5) is 5.69 Å². The Morgan fingerprint density at radius 1 is 1.25 bits per heavy atom. The van der Waals surface area contributed by atoms with Gasteiger partial charge < -0.3 is 5.32 Å². The number of rotatable bonds is 2. The van der Waals surface area contributed by atoms with Gasteiger partial charge >= 0.3 is 0 Å². The highest BCUT2D eigenvalue weighted by Crippen LogP contribution is 2.30. The number of aromatic nitrogens is 2. The molecule has 0 radical (unpaired) electrons. The Kier molecular flexibility index (Phi) is 3.04. The van der Waals surface area contributed by atoms with E-state index in [0.29, 0.717) is 0 Å². The third-order valence-corrected chi connectivity index (χ3v) is 3.16. The average Bonchev–Trinajstić information content (AvgIpc) is 2.30. The summed E-state index contributed by atoms with van der Waals surface area (Å²) in [4.78, 5) is 7.92. The number of hydrogen-bond acceptors (Lipinski definition) is 4. The molecule has 0 unspecified atom stereocenters. The molecule has 1 heterocycles. The van der Waals surface area contributed by atoms with Gasteiger partial charge in [0.15, 0.2) is 0 Å². The number of hydrogen-bond donors (Lipinski definition) is 1. The van der Waals surface area contributed by atoms with Gasteiger partial charge in [0.2, 0.25) is 5.82 Å². The van der Waals surface area contributed by atoms with Crippen LogP contribution in [-0.2, 0) is 0 Å². The summed E-state index contributed by atoms with van der Waals surface area (Å²) in [6.07, 6.45) is 9.64. The zero-order valence-electron chi connectivity index (χ0n) is 9.53. The van der Waals surface area contributed by atoms with Gasteiger partial charge in [-0.3, -0.25) is 0 Å². The Labute approximate surface area is 95.7 Å². The fourth-order valence-electron chi connectivity index (χ4n) is 2.26. The standard InChI is InChI=1S/C12H16N4/c1-12(5-3-2-4-6-12)16-10-8-14-11(7-13)15-9-10/h8-9,16H,2-6H2,1H3. The van der Waals surface area contributed by atoms with Crippen LogP contribution in [0.2, 0.25) is 0 Å². The largest absolute Gasteiger partial charge is 0.377 e. The van der Waals surface area contributed by atoms with E-state index in [1.807, 2.05) is 6.07 Å². The van der Waals surface area contributed by atoms with Gasteiger partial charge in [0.1, 0.15) is 6.07 Å². The van der Waals surface area contributed by atoms with Gasteiger partial charge in [-0.25, -0.2) is 9.97 Å². The Morgan fingerprint density at radius 2 is 1.88 bits per heavy atom. The molecule has 1 aromatic rings. The fraction of sp³-hybridized carbons (Fsp3) is 0.583. The van der Waals surface area contributed by atoms with Crippen LogP contribution in [0.25, 0.3) is 0 Å². The van der Waals surface area contributed by atoms with Crippen LogP contribution in [-0.4, -0.2) is 15.5 Å². The molecule has 1 N–H and O–H groups in total. The van der Waals surface area contributed by atoms with E-state index in [1.165, 1.54) is 32.1 Å². The molecule has 0 bridgehead atoms. The normalized spacial score (nSPS) is 18.8. The lowest BCUT2D eigenvalue weighted by Crippen LogP contribution is -2.36. The fourth-order valence-corrected chi connectivity index (χ4v) is 2.26. The Balaban J connectivity index is 2.05. The zero-order chi connectivity index (χ0) is 11.4. The maximum Gasteiger partial charge on any atom is 0.232 e. The predicted molar refractivity (Wildman–Crippen MR) is 61.9 cm³/mol. The highest BCUT2D eigenvalue weighted by Gasteiger charge is 2.26. The molecule has 84 valence electrons.